The SMILES string of the molecule is CC1CCCC2(COC(c3csc(Cl)c3)CN2)C1. The molecule has 1 aliphatic heterocycles. The predicted molar refractivity (Wildman–Crippen MR) is 76.4 cm³/mol. The fourth-order valence-electron chi connectivity index (χ4n) is 3.34. The average molecular weight is 286 g/mol. The zero-order valence-corrected chi connectivity index (χ0v) is 12.3. The third-order valence-electron chi connectivity index (χ3n) is 4.27. The monoisotopic (exact) mass is 285 g/mol. The van der Waals surface area contributed by atoms with Crippen molar-refractivity contribution in [3.8, 4) is 0 Å². The van der Waals surface area contributed by atoms with Crippen molar-refractivity contribution in [2.75, 3.05) is 13.2 Å². The van der Waals surface area contributed by atoms with Gasteiger partial charge in [-0.2, -0.15) is 0 Å². The van der Waals surface area contributed by atoms with Crippen molar-refractivity contribution in [2.45, 2.75) is 44.2 Å². The van der Waals surface area contributed by atoms with Gasteiger partial charge in [-0.1, -0.05) is 31.4 Å². The largest absolute Gasteiger partial charge is 0.370 e. The van der Waals surface area contributed by atoms with Crippen LogP contribution in [0.15, 0.2) is 11.4 Å². The van der Waals surface area contributed by atoms with Crippen LogP contribution in [-0.2, 0) is 4.74 Å². The van der Waals surface area contributed by atoms with E-state index in [0.29, 0.717) is 0 Å². The summed E-state index contributed by atoms with van der Waals surface area (Å²) < 4.78 is 6.95. The van der Waals surface area contributed by atoms with Gasteiger partial charge in [-0.3, -0.25) is 0 Å². The average Bonchev–Trinajstić information content (AvgIpc) is 2.77. The van der Waals surface area contributed by atoms with E-state index in [-0.39, 0.29) is 11.6 Å². The summed E-state index contributed by atoms with van der Waals surface area (Å²) in [7, 11) is 0. The summed E-state index contributed by atoms with van der Waals surface area (Å²) in [4.78, 5) is 0. The number of halogens is 1. The van der Waals surface area contributed by atoms with Gasteiger partial charge in [0.15, 0.2) is 0 Å². The van der Waals surface area contributed by atoms with E-state index in [1.54, 1.807) is 11.3 Å². The van der Waals surface area contributed by atoms with Crippen molar-refractivity contribution < 1.29 is 4.74 Å². The topological polar surface area (TPSA) is 21.3 Å². The van der Waals surface area contributed by atoms with Crippen molar-refractivity contribution in [1.82, 2.24) is 5.32 Å². The molecule has 100 valence electrons. The van der Waals surface area contributed by atoms with Gasteiger partial charge < -0.3 is 10.1 Å². The lowest BCUT2D eigenvalue weighted by molar-refractivity contribution is -0.0525. The molecule has 0 radical (unpaired) electrons. The number of hydrogen-bond acceptors (Lipinski definition) is 3. The smallest absolute Gasteiger partial charge is 0.0958 e. The molecular formula is C14H20ClNOS. The van der Waals surface area contributed by atoms with Crippen LogP contribution in [0.1, 0.15) is 44.3 Å². The molecule has 1 aromatic heterocycles. The molecular weight excluding hydrogens is 266 g/mol. The van der Waals surface area contributed by atoms with E-state index in [1.807, 2.05) is 6.07 Å². The zero-order chi connectivity index (χ0) is 12.6. The minimum absolute atomic E-state index is 0.177. The molecule has 18 heavy (non-hydrogen) atoms. The van der Waals surface area contributed by atoms with Crippen molar-refractivity contribution in [3.05, 3.63) is 21.3 Å². The summed E-state index contributed by atoms with van der Waals surface area (Å²) in [6.45, 7) is 4.11. The summed E-state index contributed by atoms with van der Waals surface area (Å²) in [5, 5.41) is 5.87. The predicted octanol–water partition coefficient (Wildman–Crippen LogP) is 4.01. The lowest BCUT2D eigenvalue weighted by atomic mass is 9.76. The molecule has 2 nitrogen and oxygen atoms in total. The maximum absolute atomic E-state index is 6.10. The van der Waals surface area contributed by atoms with Gasteiger partial charge in [0.2, 0.25) is 0 Å². The first kappa shape index (κ1) is 12.9. The zero-order valence-electron chi connectivity index (χ0n) is 10.7. The fraction of sp³-hybridized carbons (Fsp3) is 0.714. The number of nitrogens with one attached hydrogen (secondary N) is 1. The Kier molecular flexibility index (Phi) is 3.68. The van der Waals surface area contributed by atoms with E-state index in [1.165, 1.54) is 31.2 Å². The molecule has 1 saturated heterocycles. The van der Waals surface area contributed by atoms with Crippen LogP contribution in [0.2, 0.25) is 4.34 Å². The summed E-state index contributed by atoms with van der Waals surface area (Å²) in [6.07, 6.45) is 5.38. The highest BCUT2D eigenvalue weighted by atomic mass is 35.5. The number of rotatable bonds is 1. The van der Waals surface area contributed by atoms with Crippen LogP contribution in [0.4, 0.5) is 0 Å². The Morgan fingerprint density at radius 2 is 2.44 bits per heavy atom. The van der Waals surface area contributed by atoms with Gasteiger partial charge in [0.05, 0.1) is 17.0 Å². The van der Waals surface area contributed by atoms with Gasteiger partial charge in [-0.05, 0) is 35.8 Å². The van der Waals surface area contributed by atoms with Gasteiger partial charge in [-0.25, -0.2) is 0 Å². The van der Waals surface area contributed by atoms with E-state index in [0.717, 1.165) is 23.4 Å². The number of morpholine rings is 1. The Balaban J connectivity index is 1.64. The highest BCUT2D eigenvalue weighted by Gasteiger charge is 2.39. The Morgan fingerprint density at radius 1 is 1.56 bits per heavy atom. The second-order valence-electron chi connectivity index (χ2n) is 5.85. The van der Waals surface area contributed by atoms with Gasteiger partial charge in [-0.15, -0.1) is 11.3 Å². The summed E-state index contributed by atoms with van der Waals surface area (Å²) in [6, 6.07) is 2.03. The Bertz CT molecular complexity index is 412. The van der Waals surface area contributed by atoms with E-state index < -0.39 is 0 Å². The Hall–Kier alpha value is -0.0900. The molecule has 1 spiro atoms. The quantitative estimate of drug-likeness (QED) is 0.842. The van der Waals surface area contributed by atoms with Crippen molar-refractivity contribution in [3.63, 3.8) is 0 Å². The number of ether oxygens (including phenoxy) is 1. The van der Waals surface area contributed by atoms with E-state index in [2.05, 4.69) is 17.6 Å². The molecule has 1 aliphatic carbocycles. The van der Waals surface area contributed by atoms with Gasteiger partial charge in [0, 0.05) is 12.1 Å². The molecule has 3 unspecified atom stereocenters. The maximum atomic E-state index is 6.10. The van der Waals surface area contributed by atoms with E-state index >= 15 is 0 Å². The molecule has 0 aromatic carbocycles. The standard InChI is InChI=1S/C14H20ClNOS/c1-10-3-2-4-14(6-10)9-17-12(7-16-14)11-5-13(15)18-8-11/h5,8,10,12,16H,2-4,6-7,9H2,1H3. The molecule has 2 fully saturated rings. The maximum Gasteiger partial charge on any atom is 0.0958 e. The van der Waals surface area contributed by atoms with Crippen molar-refractivity contribution in [2.24, 2.45) is 5.92 Å². The van der Waals surface area contributed by atoms with E-state index in [4.69, 9.17) is 16.3 Å². The van der Waals surface area contributed by atoms with Crippen LogP contribution in [0.3, 0.4) is 0 Å². The molecule has 3 atom stereocenters. The third kappa shape index (κ3) is 2.60. The van der Waals surface area contributed by atoms with Crippen LogP contribution < -0.4 is 5.32 Å². The summed E-state index contributed by atoms with van der Waals surface area (Å²) in [5.41, 5.74) is 1.46. The molecule has 2 aliphatic rings. The normalized spacial score (nSPS) is 37.0. The number of hydrogen-bond donors (Lipinski definition) is 1. The molecule has 1 saturated carbocycles. The van der Waals surface area contributed by atoms with Crippen molar-refractivity contribution >= 4 is 22.9 Å². The van der Waals surface area contributed by atoms with Crippen LogP contribution in [-0.4, -0.2) is 18.7 Å². The fourth-order valence-corrected chi connectivity index (χ4v) is 4.27. The first-order chi connectivity index (χ1) is 8.67. The second-order valence-corrected chi connectivity index (χ2v) is 7.39. The number of thiophene rings is 1. The van der Waals surface area contributed by atoms with Crippen LogP contribution in [0.25, 0.3) is 0 Å². The minimum atomic E-state index is 0.177. The first-order valence-electron chi connectivity index (χ1n) is 6.77. The molecule has 1 aromatic rings. The van der Waals surface area contributed by atoms with Gasteiger partial charge in [0.25, 0.3) is 0 Å². The van der Waals surface area contributed by atoms with Crippen LogP contribution in [0.5, 0.6) is 0 Å². The molecule has 0 amide bonds. The lowest BCUT2D eigenvalue weighted by Crippen LogP contribution is -2.56. The Morgan fingerprint density at radius 3 is 3.06 bits per heavy atom. The minimum Gasteiger partial charge on any atom is -0.370 e. The van der Waals surface area contributed by atoms with Crippen LogP contribution >= 0.6 is 22.9 Å². The van der Waals surface area contributed by atoms with E-state index in [9.17, 15) is 0 Å². The molecule has 1 N–H and O–H groups in total. The Labute approximate surface area is 118 Å². The highest BCUT2D eigenvalue weighted by molar-refractivity contribution is 7.14. The van der Waals surface area contributed by atoms with Gasteiger partial charge in [0.1, 0.15) is 0 Å². The molecule has 2 heterocycles. The second kappa shape index (κ2) is 5.12. The molecule has 3 rings (SSSR count). The highest BCUT2D eigenvalue weighted by Crippen LogP contribution is 2.37. The lowest BCUT2D eigenvalue weighted by Gasteiger charge is -2.45. The molecule has 4 heteroatoms. The van der Waals surface area contributed by atoms with Gasteiger partial charge >= 0.3 is 0 Å². The molecule has 0 bridgehead atoms. The summed E-state index contributed by atoms with van der Waals surface area (Å²) in [5.74, 6) is 0.821. The third-order valence-corrected chi connectivity index (χ3v) is 5.38. The summed E-state index contributed by atoms with van der Waals surface area (Å²) >= 11 is 7.57. The first-order valence-corrected chi connectivity index (χ1v) is 8.03. The van der Waals surface area contributed by atoms with Crippen LogP contribution in [0, 0.1) is 5.92 Å². The van der Waals surface area contributed by atoms with Crippen molar-refractivity contribution in [1.29, 1.82) is 0 Å².